The summed E-state index contributed by atoms with van der Waals surface area (Å²) in [6.07, 6.45) is 0. The zero-order chi connectivity index (χ0) is 15.5. The first-order valence-electron chi connectivity index (χ1n) is 6.07. The van der Waals surface area contributed by atoms with E-state index < -0.39 is 10.0 Å². The summed E-state index contributed by atoms with van der Waals surface area (Å²) in [4.78, 5) is 12.4. The van der Waals surface area contributed by atoms with E-state index in [1.807, 2.05) is 19.1 Å². The first-order valence-corrected chi connectivity index (χ1v) is 8.44. The number of benzene rings is 1. The van der Waals surface area contributed by atoms with Crippen LogP contribution < -0.4 is 15.8 Å². The van der Waals surface area contributed by atoms with E-state index in [1.54, 1.807) is 18.2 Å². The molecule has 0 aliphatic heterocycles. The van der Waals surface area contributed by atoms with Gasteiger partial charge in [-0.05, 0) is 31.2 Å². The van der Waals surface area contributed by atoms with Gasteiger partial charge in [-0.25, -0.2) is 18.4 Å². The van der Waals surface area contributed by atoms with E-state index in [0.717, 1.165) is 16.9 Å². The summed E-state index contributed by atoms with van der Waals surface area (Å²) in [6, 6.07) is 10.1. The molecule has 1 aromatic carbocycles. The molecule has 4 N–H and O–H groups in total. The van der Waals surface area contributed by atoms with Gasteiger partial charge in [-0.1, -0.05) is 17.7 Å². The molecule has 1 heterocycles. The van der Waals surface area contributed by atoms with E-state index in [1.165, 1.54) is 6.07 Å². The minimum atomic E-state index is -3.68. The van der Waals surface area contributed by atoms with Gasteiger partial charge in [0, 0.05) is 10.6 Å². The van der Waals surface area contributed by atoms with Crippen molar-refractivity contribution >= 4 is 33.1 Å². The van der Waals surface area contributed by atoms with Crippen LogP contribution in [0.2, 0.25) is 0 Å². The Morgan fingerprint density at radius 2 is 1.86 bits per heavy atom. The third-order valence-electron chi connectivity index (χ3n) is 2.65. The number of aryl methyl sites for hydroxylation is 1. The number of rotatable bonds is 4. The SMILES string of the molecule is Cc1ccc(NC(=O)NCc2ccc(S(N)(=O)=O)s2)cc1. The number of carbonyl (C=O) groups is 1. The van der Waals surface area contributed by atoms with E-state index in [9.17, 15) is 13.2 Å². The standard InChI is InChI=1S/C13H15N3O3S2/c1-9-2-4-10(5-3-9)16-13(17)15-8-11-6-7-12(20-11)21(14,18)19/h2-7H,8H2,1H3,(H2,14,18,19)(H2,15,16,17). The number of nitrogens with one attached hydrogen (secondary N) is 2. The third kappa shape index (κ3) is 4.55. The lowest BCUT2D eigenvalue weighted by Crippen LogP contribution is -2.27. The lowest BCUT2D eigenvalue weighted by Gasteiger charge is -2.06. The first-order chi connectivity index (χ1) is 9.84. The Labute approximate surface area is 127 Å². The Balaban J connectivity index is 1.89. The van der Waals surface area contributed by atoms with Gasteiger partial charge in [-0.2, -0.15) is 0 Å². The highest BCUT2D eigenvalue weighted by atomic mass is 32.2. The highest BCUT2D eigenvalue weighted by Crippen LogP contribution is 2.20. The van der Waals surface area contributed by atoms with Gasteiger partial charge in [0.1, 0.15) is 4.21 Å². The minimum absolute atomic E-state index is 0.0817. The van der Waals surface area contributed by atoms with Crippen LogP contribution in [0.4, 0.5) is 10.5 Å². The average Bonchev–Trinajstić information content (AvgIpc) is 2.88. The summed E-state index contributed by atoms with van der Waals surface area (Å²) in [5.74, 6) is 0. The maximum atomic E-state index is 11.7. The molecule has 112 valence electrons. The number of hydrogen-bond acceptors (Lipinski definition) is 4. The predicted molar refractivity (Wildman–Crippen MR) is 82.7 cm³/mol. The van der Waals surface area contributed by atoms with Crippen molar-refractivity contribution in [3.05, 3.63) is 46.8 Å². The average molecular weight is 325 g/mol. The van der Waals surface area contributed by atoms with Crippen LogP contribution >= 0.6 is 11.3 Å². The van der Waals surface area contributed by atoms with Crippen molar-refractivity contribution in [2.45, 2.75) is 17.7 Å². The van der Waals surface area contributed by atoms with Crippen molar-refractivity contribution in [1.82, 2.24) is 5.32 Å². The summed E-state index contributed by atoms with van der Waals surface area (Å²) < 4.78 is 22.4. The fraction of sp³-hybridized carbons (Fsp3) is 0.154. The lowest BCUT2D eigenvalue weighted by atomic mass is 10.2. The molecule has 8 heteroatoms. The zero-order valence-corrected chi connectivity index (χ0v) is 12.9. The van der Waals surface area contributed by atoms with Crippen molar-refractivity contribution in [2.24, 2.45) is 5.14 Å². The van der Waals surface area contributed by atoms with Crippen LogP contribution in [0.3, 0.4) is 0 Å². The molecule has 0 fully saturated rings. The highest BCUT2D eigenvalue weighted by Gasteiger charge is 2.11. The number of urea groups is 1. The normalized spacial score (nSPS) is 11.1. The van der Waals surface area contributed by atoms with Crippen LogP contribution in [0.1, 0.15) is 10.4 Å². The topological polar surface area (TPSA) is 101 Å². The number of amides is 2. The van der Waals surface area contributed by atoms with Crippen LogP contribution in [0.25, 0.3) is 0 Å². The number of carbonyl (C=O) groups excluding carboxylic acids is 1. The Bertz CT molecular complexity index is 736. The number of sulfonamides is 1. The maximum absolute atomic E-state index is 11.7. The second-order valence-corrected chi connectivity index (χ2v) is 7.40. The Hall–Kier alpha value is -1.90. The first kappa shape index (κ1) is 15.5. The van der Waals surface area contributed by atoms with Crippen LogP contribution in [0, 0.1) is 6.92 Å². The van der Waals surface area contributed by atoms with Crippen molar-refractivity contribution in [3.8, 4) is 0 Å². The summed E-state index contributed by atoms with van der Waals surface area (Å²) in [6.45, 7) is 2.20. The van der Waals surface area contributed by atoms with Crippen molar-refractivity contribution in [1.29, 1.82) is 0 Å². The molecule has 1 aromatic heterocycles. The second-order valence-electron chi connectivity index (χ2n) is 4.44. The molecule has 0 aliphatic rings. The summed E-state index contributed by atoms with van der Waals surface area (Å²) in [7, 11) is -3.68. The van der Waals surface area contributed by atoms with Gasteiger partial charge in [0.05, 0.1) is 6.54 Å². The van der Waals surface area contributed by atoms with Crippen LogP contribution in [-0.4, -0.2) is 14.4 Å². The molecule has 0 spiro atoms. The van der Waals surface area contributed by atoms with Gasteiger partial charge in [0.25, 0.3) is 0 Å². The molecule has 0 unspecified atom stereocenters. The monoisotopic (exact) mass is 325 g/mol. The number of thiophene rings is 1. The van der Waals surface area contributed by atoms with E-state index in [-0.39, 0.29) is 16.8 Å². The molecule has 0 radical (unpaired) electrons. The number of hydrogen-bond donors (Lipinski definition) is 3. The fourth-order valence-corrected chi connectivity index (χ4v) is 3.30. The third-order valence-corrected chi connectivity index (χ3v) is 5.17. The molecule has 2 aromatic rings. The lowest BCUT2D eigenvalue weighted by molar-refractivity contribution is 0.252. The van der Waals surface area contributed by atoms with Gasteiger partial charge in [0.15, 0.2) is 0 Å². The van der Waals surface area contributed by atoms with E-state index in [4.69, 9.17) is 5.14 Å². The molecule has 0 saturated heterocycles. The van der Waals surface area contributed by atoms with Crippen LogP contribution in [0.5, 0.6) is 0 Å². The molecule has 0 aliphatic carbocycles. The van der Waals surface area contributed by atoms with Crippen molar-refractivity contribution in [2.75, 3.05) is 5.32 Å². The summed E-state index contributed by atoms with van der Waals surface area (Å²) in [5.41, 5.74) is 1.80. The van der Waals surface area contributed by atoms with E-state index >= 15 is 0 Å². The van der Waals surface area contributed by atoms with Crippen LogP contribution in [-0.2, 0) is 16.6 Å². The number of nitrogens with two attached hydrogens (primary N) is 1. The largest absolute Gasteiger partial charge is 0.333 e. The van der Waals surface area contributed by atoms with Crippen molar-refractivity contribution in [3.63, 3.8) is 0 Å². The van der Waals surface area contributed by atoms with Gasteiger partial charge in [-0.15, -0.1) is 11.3 Å². The van der Waals surface area contributed by atoms with Gasteiger partial charge in [-0.3, -0.25) is 0 Å². The van der Waals surface area contributed by atoms with Gasteiger partial charge >= 0.3 is 6.03 Å². The predicted octanol–water partition coefficient (Wildman–Crippen LogP) is 2.03. The molecular formula is C13H15N3O3S2. The van der Waals surface area contributed by atoms with Gasteiger partial charge in [0.2, 0.25) is 10.0 Å². The Morgan fingerprint density at radius 3 is 2.43 bits per heavy atom. The molecule has 6 nitrogen and oxygen atoms in total. The summed E-state index contributed by atoms with van der Waals surface area (Å²) >= 11 is 1.03. The molecular weight excluding hydrogens is 310 g/mol. The Morgan fingerprint density at radius 1 is 1.19 bits per heavy atom. The maximum Gasteiger partial charge on any atom is 0.319 e. The molecule has 2 rings (SSSR count). The van der Waals surface area contributed by atoms with E-state index in [0.29, 0.717) is 10.6 Å². The summed E-state index contributed by atoms with van der Waals surface area (Å²) in [5, 5.41) is 10.4. The molecule has 2 amide bonds. The molecule has 21 heavy (non-hydrogen) atoms. The highest BCUT2D eigenvalue weighted by molar-refractivity contribution is 7.91. The van der Waals surface area contributed by atoms with E-state index in [2.05, 4.69) is 10.6 Å². The van der Waals surface area contributed by atoms with Crippen LogP contribution in [0.15, 0.2) is 40.6 Å². The number of primary sulfonamides is 1. The van der Waals surface area contributed by atoms with Gasteiger partial charge < -0.3 is 10.6 Å². The fourth-order valence-electron chi connectivity index (χ4n) is 1.59. The van der Waals surface area contributed by atoms with Crippen molar-refractivity contribution < 1.29 is 13.2 Å². The quantitative estimate of drug-likeness (QED) is 0.801. The molecule has 0 atom stereocenters. The zero-order valence-electron chi connectivity index (χ0n) is 11.3. The molecule has 0 saturated carbocycles. The smallest absolute Gasteiger partial charge is 0.319 e. The minimum Gasteiger partial charge on any atom is -0.333 e. The molecule has 0 bridgehead atoms. The number of anilines is 1. The second kappa shape index (κ2) is 6.25. The Kier molecular flexibility index (Phi) is 4.61.